The van der Waals surface area contributed by atoms with Gasteiger partial charge >= 0.3 is 0 Å². The van der Waals surface area contributed by atoms with Crippen molar-refractivity contribution in [2.24, 2.45) is 0 Å². The standard InChI is InChI=1S/C14H19NO/c1-16-13-7-12(8-13)15-9-11-6-10-4-2-3-5-14(10)11/h2-5,11-13,15H,6-9H2,1H3. The first-order valence-electron chi connectivity index (χ1n) is 6.21. The van der Waals surface area contributed by atoms with Gasteiger partial charge in [-0.15, -0.1) is 0 Å². The first-order chi connectivity index (χ1) is 7.86. The topological polar surface area (TPSA) is 21.3 Å². The molecule has 2 aliphatic carbocycles. The van der Waals surface area contributed by atoms with Crippen LogP contribution in [0, 0.1) is 0 Å². The van der Waals surface area contributed by atoms with Crippen LogP contribution in [0.4, 0.5) is 0 Å². The molecule has 0 aromatic heterocycles. The molecule has 16 heavy (non-hydrogen) atoms. The minimum absolute atomic E-state index is 0.506. The van der Waals surface area contributed by atoms with Gasteiger partial charge in [0.1, 0.15) is 0 Å². The Labute approximate surface area is 97.0 Å². The molecule has 0 aliphatic heterocycles. The van der Waals surface area contributed by atoms with Crippen LogP contribution < -0.4 is 5.32 Å². The highest BCUT2D eigenvalue weighted by molar-refractivity contribution is 5.40. The number of nitrogens with one attached hydrogen (secondary N) is 1. The summed E-state index contributed by atoms with van der Waals surface area (Å²) in [6.45, 7) is 1.14. The fourth-order valence-corrected chi connectivity index (χ4v) is 2.78. The second-order valence-electron chi connectivity index (χ2n) is 5.03. The van der Waals surface area contributed by atoms with E-state index in [0.717, 1.165) is 12.5 Å². The summed E-state index contributed by atoms with van der Waals surface area (Å²) >= 11 is 0. The number of rotatable bonds is 4. The molecule has 1 saturated carbocycles. The second kappa shape index (κ2) is 4.19. The van der Waals surface area contributed by atoms with Crippen LogP contribution in [0.5, 0.6) is 0 Å². The Balaban J connectivity index is 1.45. The van der Waals surface area contributed by atoms with E-state index in [1.165, 1.54) is 24.8 Å². The van der Waals surface area contributed by atoms with Gasteiger partial charge in [-0.2, -0.15) is 0 Å². The van der Waals surface area contributed by atoms with E-state index in [-0.39, 0.29) is 0 Å². The molecule has 1 N–H and O–H groups in total. The van der Waals surface area contributed by atoms with Crippen molar-refractivity contribution < 1.29 is 4.74 Å². The SMILES string of the molecule is COC1CC(NCC2Cc3ccccc32)C1. The highest BCUT2D eigenvalue weighted by atomic mass is 16.5. The highest BCUT2D eigenvalue weighted by Crippen LogP contribution is 2.34. The minimum Gasteiger partial charge on any atom is -0.381 e. The zero-order valence-corrected chi connectivity index (χ0v) is 9.78. The Hall–Kier alpha value is -0.860. The summed E-state index contributed by atoms with van der Waals surface area (Å²) in [4.78, 5) is 0. The molecule has 0 amide bonds. The van der Waals surface area contributed by atoms with Gasteiger partial charge in [0.05, 0.1) is 6.10 Å². The molecule has 0 spiro atoms. The normalized spacial score (nSPS) is 31.4. The Morgan fingerprint density at radius 1 is 1.31 bits per heavy atom. The van der Waals surface area contributed by atoms with Crippen molar-refractivity contribution >= 4 is 0 Å². The van der Waals surface area contributed by atoms with E-state index in [0.29, 0.717) is 12.1 Å². The zero-order valence-electron chi connectivity index (χ0n) is 9.78. The molecule has 2 nitrogen and oxygen atoms in total. The van der Waals surface area contributed by atoms with Crippen molar-refractivity contribution in [1.82, 2.24) is 5.32 Å². The molecule has 1 fully saturated rings. The van der Waals surface area contributed by atoms with Gasteiger partial charge in [-0.25, -0.2) is 0 Å². The molecule has 0 radical (unpaired) electrons. The fourth-order valence-electron chi connectivity index (χ4n) is 2.78. The molecule has 1 aromatic rings. The van der Waals surface area contributed by atoms with Crippen LogP contribution in [0.2, 0.25) is 0 Å². The average Bonchev–Trinajstić information content (AvgIpc) is 2.22. The Bertz CT molecular complexity index is 371. The van der Waals surface area contributed by atoms with Crippen molar-refractivity contribution in [3.63, 3.8) is 0 Å². The van der Waals surface area contributed by atoms with Crippen LogP contribution in [0.3, 0.4) is 0 Å². The van der Waals surface area contributed by atoms with Crippen LogP contribution in [0.1, 0.15) is 29.9 Å². The van der Waals surface area contributed by atoms with E-state index in [1.807, 2.05) is 7.11 Å². The molecule has 1 unspecified atom stereocenters. The molecule has 3 rings (SSSR count). The molecule has 86 valence electrons. The lowest BCUT2D eigenvalue weighted by molar-refractivity contribution is 0.0170. The predicted octanol–water partition coefficient (Wildman–Crippen LogP) is 2.09. The van der Waals surface area contributed by atoms with Crippen molar-refractivity contribution in [2.45, 2.75) is 37.3 Å². The number of hydrogen-bond acceptors (Lipinski definition) is 2. The molecule has 1 aromatic carbocycles. The van der Waals surface area contributed by atoms with E-state index in [2.05, 4.69) is 29.6 Å². The highest BCUT2D eigenvalue weighted by Gasteiger charge is 2.31. The summed E-state index contributed by atoms with van der Waals surface area (Å²) in [7, 11) is 1.81. The van der Waals surface area contributed by atoms with Gasteiger partial charge in [-0.3, -0.25) is 0 Å². The summed E-state index contributed by atoms with van der Waals surface area (Å²) in [5.74, 6) is 0.748. The molecular formula is C14H19NO. The van der Waals surface area contributed by atoms with Crippen LogP contribution in [-0.4, -0.2) is 25.8 Å². The summed E-state index contributed by atoms with van der Waals surface area (Å²) in [6.07, 6.45) is 4.13. The maximum Gasteiger partial charge on any atom is 0.0601 e. The first-order valence-corrected chi connectivity index (χ1v) is 6.21. The maximum atomic E-state index is 5.28. The maximum absolute atomic E-state index is 5.28. The summed E-state index contributed by atoms with van der Waals surface area (Å²) in [6, 6.07) is 9.49. The Morgan fingerprint density at radius 2 is 2.12 bits per heavy atom. The lowest BCUT2D eigenvalue weighted by atomic mass is 9.77. The number of fused-ring (bicyclic) bond motifs is 1. The Kier molecular flexibility index (Phi) is 2.70. The van der Waals surface area contributed by atoms with E-state index < -0.39 is 0 Å². The van der Waals surface area contributed by atoms with Gasteiger partial charge in [-0.1, -0.05) is 24.3 Å². The number of hydrogen-bond donors (Lipinski definition) is 1. The van der Waals surface area contributed by atoms with Crippen molar-refractivity contribution in [2.75, 3.05) is 13.7 Å². The van der Waals surface area contributed by atoms with Crippen LogP contribution >= 0.6 is 0 Å². The molecule has 0 heterocycles. The van der Waals surface area contributed by atoms with E-state index in [4.69, 9.17) is 4.74 Å². The van der Waals surface area contributed by atoms with Crippen molar-refractivity contribution in [1.29, 1.82) is 0 Å². The average molecular weight is 217 g/mol. The van der Waals surface area contributed by atoms with Crippen molar-refractivity contribution in [3.8, 4) is 0 Å². The third-order valence-corrected chi connectivity index (χ3v) is 4.04. The second-order valence-corrected chi connectivity index (χ2v) is 5.03. The number of benzene rings is 1. The molecule has 1 atom stereocenters. The number of ether oxygens (including phenoxy) is 1. The lowest BCUT2D eigenvalue weighted by Gasteiger charge is -2.38. The smallest absolute Gasteiger partial charge is 0.0601 e. The zero-order chi connectivity index (χ0) is 11.0. The summed E-state index contributed by atoms with van der Waals surface area (Å²) in [5, 5.41) is 3.65. The van der Waals surface area contributed by atoms with Gasteiger partial charge < -0.3 is 10.1 Å². The number of methoxy groups -OCH3 is 1. The van der Waals surface area contributed by atoms with E-state index >= 15 is 0 Å². The molecule has 2 aliphatic rings. The van der Waals surface area contributed by atoms with Gasteiger partial charge in [0.15, 0.2) is 0 Å². The third-order valence-electron chi connectivity index (χ3n) is 4.04. The quantitative estimate of drug-likeness (QED) is 0.834. The van der Waals surface area contributed by atoms with Gasteiger partial charge in [0.2, 0.25) is 0 Å². The van der Waals surface area contributed by atoms with E-state index in [1.54, 1.807) is 5.56 Å². The third kappa shape index (κ3) is 1.76. The monoisotopic (exact) mass is 217 g/mol. The molecule has 0 saturated heterocycles. The van der Waals surface area contributed by atoms with Crippen molar-refractivity contribution in [3.05, 3.63) is 35.4 Å². The van der Waals surface area contributed by atoms with Gasteiger partial charge in [0, 0.05) is 25.6 Å². The minimum atomic E-state index is 0.506. The van der Waals surface area contributed by atoms with Gasteiger partial charge in [0.25, 0.3) is 0 Å². The van der Waals surface area contributed by atoms with Crippen LogP contribution in [0.15, 0.2) is 24.3 Å². The molecule has 0 bridgehead atoms. The first kappa shape index (κ1) is 10.3. The van der Waals surface area contributed by atoms with E-state index in [9.17, 15) is 0 Å². The van der Waals surface area contributed by atoms with Crippen LogP contribution in [0.25, 0.3) is 0 Å². The summed E-state index contributed by atoms with van der Waals surface area (Å²) in [5.41, 5.74) is 3.09. The predicted molar refractivity (Wildman–Crippen MR) is 64.7 cm³/mol. The molecule has 2 heteroatoms. The summed E-state index contributed by atoms with van der Waals surface area (Å²) < 4.78 is 5.28. The molecular weight excluding hydrogens is 198 g/mol. The largest absolute Gasteiger partial charge is 0.381 e. The van der Waals surface area contributed by atoms with Crippen LogP contribution in [-0.2, 0) is 11.2 Å². The Morgan fingerprint density at radius 3 is 2.88 bits per heavy atom. The van der Waals surface area contributed by atoms with Gasteiger partial charge in [-0.05, 0) is 30.4 Å². The fraction of sp³-hybridized carbons (Fsp3) is 0.571. The lowest BCUT2D eigenvalue weighted by Crippen LogP contribution is -2.47.